The molecule has 3 heteroatoms. The molecule has 1 aromatic rings. The highest BCUT2D eigenvalue weighted by molar-refractivity contribution is 4.95. The van der Waals surface area contributed by atoms with Crippen LogP contribution in [0, 0.1) is 5.92 Å². The van der Waals surface area contributed by atoms with E-state index in [1.165, 1.54) is 0 Å². The van der Waals surface area contributed by atoms with E-state index in [2.05, 4.69) is 36.3 Å². The number of hydrogen-bond acceptors (Lipinski definition) is 2. The molecule has 0 aliphatic heterocycles. The van der Waals surface area contributed by atoms with Gasteiger partial charge in [-0.25, -0.2) is 0 Å². The van der Waals surface area contributed by atoms with Crippen molar-refractivity contribution in [2.75, 3.05) is 0 Å². The van der Waals surface area contributed by atoms with E-state index in [9.17, 15) is 0 Å². The Bertz CT molecular complexity index is 286. The molecule has 1 rings (SSSR count). The van der Waals surface area contributed by atoms with Crippen LogP contribution in [0.15, 0.2) is 18.3 Å². The maximum absolute atomic E-state index is 4.12. The smallest absolute Gasteiger partial charge is 0.0830 e. The zero-order chi connectivity index (χ0) is 10.4. The van der Waals surface area contributed by atoms with Gasteiger partial charge in [0.2, 0.25) is 0 Å². The summed E-state index contributed by atoms with van der Waals surface area (Å²) in [6, 6.07) is 0. The van der Waals surface area contributed by atoms with E-state index >= 15 is 0 Å². The van der Waals surface area contributed by atoms with E-state index in [4.69, 9.17) is 0 Å². The summed E-state index contributed by atoms with van der Waals surface area (Å²) in [5, 5.41) is 8.20. The molecule has 0 saturated heterocycles. The van der Waals surface area contributed by atoms with Gasteiger partial charge in [-0.15, -0.1) is 5.10 Å². The van der Waals surface area contributed by atoms with E-state index < -0.39 is 0 Å². The second-order valence-electron chi connectivity index (χ2n) is 3.93. The van der Waals surface area contributed by atoms with Crippen molar-refractivity contribution in [1.29, 1.82) is 0 Å². The molecule has 3 nitrogen and oxygen atoms in total. The molecule has 0 spiro atoms. The van der Waals surface area contributed by atoms with Crippen molar-refractivity contribution in [3.05, 3.63) is 24.0 Å². The predicted octanol–water partition coefficient (Wildman–Crippen LogP) is 2.44. The summed E-state index contributed by atoms with van der Waals surface area (Å²) >= 11 is 0. The number of aryl methyl sites for hydroxylation is 1. The molecule has 0 aliphatic carbocycles. The third kappa shape index (κ3) is 3.73. The lowest BCUT2D eigenvalue weighted by atomic mass is 10.2. The van der Waals surface area contributed by atoms with Crippen molar-refractivity contribution in [3.8, 4) is 0 Å². The first-order valence-corrected chi connectivity index (χ1v) is 5.22. The maximum atomic E-state index is 4.12. The standard InChI is InChI=1S/C11H19N3/c1-4-5-6-7-11-9-14(13-12-11)8-10(2)3/h4-5,9-10H,6-8H2,1-3H3/b5-4-. The van der Waals surface area contributed by atoms with Gasteiger partial charge in [-0.3, -0.25) is 4.68 Å². The molecule has 0 aromatic carbocycles. The molecule has 1 heterocycles. The molecule has 0 atom stereocenters. The van der Waals surface area contributed by atoms with Gasteiger partial charge in [0, 0.05) is 12.7 Å². The van der Waals surface area contributed by atoms with Crippen molar-refractivity contribution in [2.24, 2.45) is 5.92 Å². The first kappa shape index (κ1) is 11.0. The van der Waals surface area contributed by atoms with E-state index in [0.717, 1.165) is 25.1 Å². The fourth-order valence-electron chi connectivity index (χ4n) is 1.31. The summed E-state index contributed by atoms with van der Waals surface area (Å²) < 4.78 is 1.93. The van der Waals surface area contributed by atoms with Crippen LogP contribution in [0.1, 0.15) is 32.9 Å². The third-order valence-electron chi connectivity index (χ3n) is 1.94. The fourth-order valence-corrected chi connectivity index (χ4v) is 1.31. The Hall–Kier alpha value is -1.12. The van der Waals surface area contributed by atoms with Gasteiger partial charge >= 0.3 is 0 Å². The number of aromatic nitrogens is 3. The lowest BCUT2D eigenvalue weighted by Crippen LogP contribution is -2.04. The molecule has 14 heavy (non-hydrogen) atoms. The van der Waals surface area contributed by atoms with Crippen molar-refractivity contribution < 1.29 is 0 Å². The Labute approximate surface area is 85.8 Å². The van der Waals surface area contributed by atoms with Crippen molar-refractivity contribution in [1.82, 2.24) is 15.0 Å². The normalized spacial score (nSPS) is 11.7. The summed E-state index contributed by atoms with van der Waals surface area (Å²) in [5.41, 5.74) is 1.09. The summed E-state index contributed by atoms with van der Waals surface area (Å²) in [6.07, 6.45) is 8.31. The quantitative estimate of drug-likeness (QED) is 0.672. The van der Waals surface area contributed by atoms with Crippen molar-refractivity contribution >= 4 is 0 Å². The molecule has 0 unspecified atom stereocenters. The molecule has 0 aliphatic rings. The van der Waals surface area contributed by atoms with Crippen molar-refractivity contribution in [2.45, 2.75) is 40.2 Å². The van der Waals surface area contributed by atoms with Crippen molar-refractivity contribution in [3.63, 3.8) is 0 Å². The zero-order valence-corrected chi connectivity index (χ0v) is 9.27. The van der Waals surface area contributed by atoms with Gasteiger partial charge < -0.3 is 0 Å². The highest BCUT2D eigenvalue weighted by atomic mass is 15.4. The van der Waals surface area contributed by atoms with Crippen LogP contribution in [0.5, 0.6) is 0 Å². The van der Waals surface area contributed by atoms with Crippen LogP contribution >= 0.6 is 0 Å². The van der Waals surface area contributed by atoms with Crippen LogP contribution in [0.3, 0.4) is 0 Å². The average Bonchev–Trinajstić information content (AvgIpc) is 2.52. The van der Waals surface area contributed by atoms with Gasteiger partial charge in [-0.1, -0.05) is 31.2 Å². The lowest BCUT2D eigenvalue weighted by Gasteiger charge is -2.01. The third-order valence-corrected chi connectivity index (χ3v) is 1.94. The predicted molar refractivity (Wildman–Crippen MR) is 58.0 cm³/mol. The van der Waals surface area contributed by atoms with E-state index in [1.54, 1.807) is 0 Å². The number of hydrogen-bond donors (Lipinski definition) is 0. The molecule has 0 radical (unpaired) electrons. The second-order valence-corrected chi connectivity index (χ2v) is 3.93. The highest BCUT2D eigenvalue weighted by Crippen LogP contribution is 2.02. The Morgan fingerprint density at radius 2 is 2.29 bits per heavy atom. The largest absolute Gasteiger partial charge is 0.252 e. The van der Waals surface area contributed by atoms with Gasteiger partial charge in [0.25, 0.3) is 0 Å². The Morgan fingerprint density at radius 3 is 2.93 bits per heavy atom. The molecule has 0 N–H and O–H groups in total. The lowest BCUT2D eigenvalue weighted by molar-refractivity contribution is 0.472. The molecule has 1 aromatic heterocycles. The zero-order valence-electron chi connectivity index (χ0n) is 9.27. The number of allylic oxidation sites excluding steroid dienone is 2. The van der Waals surface area contributed by atoms with Crippen LogP contribution in [0.4, 0.5) is 0 Å². The molecular formula is C11H19N3. The van der Waals surface area contributed by atoms with Crippen LogP contribution < -0.4 is 0 Å². The molecule has 0 fully saturated rings. The molecule has 0 amide bonds. The minimum atomic E-state index is 0.625. The van der Waals surface area contributed by atoms with Crippen LogP contribution in [-0.4, -0.2) is 15.0 Å². The average molecular weight is 193 g/mol. The van der Waals surface area contributed by atoms with Crippen LogP contribution in [0.25, 0.3) is 0 Å². The van der Waals surface area contributed by atoms with E-state index in [1.807, 2.05) is 17.8 Å². The summed E-state index contributed by atoms with van der Waals surface area (Å²) in [6.45, 7) is 7.36. The second kappa shape index (κ2) is 5.58. The minimum absolute atomic E-state index is 0.625. The molecule has 0 bridgehead atoms. The SMILES string of the molecule is C/C=C\CCc1cn(CC(C)C)nn1. The molecule has 78 valence electrons. The first-order chi connectivity index (χ1) is 6.72. The monoisotopic (exact) mass is 193 g/mol. The first-order valence-electron chi connectivity index (χ1n) is 5.22. The Kier molecular flexibility index (Phi) is 4.36. The van der Waals surface area contributed by atoms with Gasteiger partial charge in [-0.05, 0) is 25.7 Å². The number of nitrogens with zero attached hydrogens (tertiary/aromatic N) is 3. The summed E-state index contributed by atoms with van der Waals surface area (Å²) in [5.74, 6) is 0.625. The minimum Gasteiger partial charge on any atom is -0.252 e. The fraction of sp³-hybridized carbons (Fsp3) is 0.636. The van der Waals surface area contributed by atoms with Crippen LogP contribution in [-0.2, 0) is 13.0 Å². The van der Waals surface area contributed by atoms with Gasteiger partial charge in [0.05, 0.1) is 5.69 Å². The highest BCUT2D eigenvalue weighted by Gasteiger charge is 2.01. The van der Waals surface area contributed by atoms with E-state index in [-0.39, 0.29) is 0 Å². The Morgan fingerprint density at radius 1 is 1.50 bits per heavy atom. The number of rotatable bonds is 5. The van der Waals surface area contributed by atoms with Crippen LogP contribution in [0.2, 0.25) is 0 Å². The maximum Gasteiger partial charge on any atom is 0.0830 e. The molecular weight excluding hydrogens is 174 g/mol. The topological polar surface area (TPSA) is 30.7 Å². The van der Waals surface area contributed by atoms with E-state index in [0.29, 0.717) is 5.92 Å². The summed E-state index contributed by atoms with van der Waals surface area (Å²) in [4.78, 5) is 0. The Balaban J connectivity index is 2.42. The summed E-state index contributed by atoms with van der Waals surface area (Å²) in [7, 11) is 0. The van der Waals surface area contributed by atoms with Gasteiger partial charge in [0.1, 0.15) is 0 Å². The van der Waals surface area contributed by atoms with Gasteiger partial charge in [-0.2, -0.15) is 0 Å². The van der Waals surface area contributed by atoms with Gasteiger partial charge in [0.15, 0.2) is 0 Å². The molecule has 0 saturated carbocycles.